The summed E-state index contributed by atoms with van der Waals surface area (Å²) in [5, 5.41) is 0. The molecular weight excluding hydrogens is 250 g/mol. The summed E-state index contributed by atoms with van der Waals surface area (Å²) in [5.41, 5.74) is 0. The first-order chi connectivity index (χ1) is 7.51. The van der Waals surface area contributed by atoms with E-state index in [0.29, 0.717) is 19.0 Å². The molecule has 0 aromatic heterocycles. The number of halogens is 1. The molecule has 2 saturated heterocycles. The van der Waals surface area contributed by atoms with Gasteiger partial charge in [-0.25, -0.2) is 8.42 Å². The average molecular weight is 268 g/mol. The lowest BCUT2D eigenvalue weighted by molar-refractivity contribution is -0.0115. The van der Waals surface area contributed by atoms with E-state index in [1.54, 1.807) is 4.31 Å². The van der Waals surface area contributed by atoms with Crippen LogP contribution in [0.1, 0.15) is 19.8 Å². The molecule has 3 atom stereocenters. The summed E-state index contributed by atoms with van der Waals surface area (Å²) in [6.07, 6.45) is 2.20. The summed E-state index contributed by atoms with van der Waals surface area (Å²) in [7, 11) is -3.15. The minimum atomic E-state index is -3.15. The fraction of sp³-hybridized carbons (Fsp3) is 1.00. The maximum Gasteiger partial charge on any atom is 0.214 e. The van der Waals surface area contributed by atoms with Crippen LogP contribution < -0.4 is 0 Å². The second-order valence-electron chi connectivity index (χ2n) is 4.81. The summed E-state index contributed by atoms with van der Waals surface area (Å²) in [4.78, 5) is 0. The minimum Gasteiger partial charge on any atom is -0.372 e. The van der Waals surface area contributed by atoms with Crippen LogP contribution >= 0.6 is 11.6 Å². The third kappa shape index (κ3) is 2.70. The molecule has 3 unspecified atom stereocenters. The van der Waals surface area contributed by atoms with Crippen molar-refractivity contribution in [3.63, 3.8) is 0 Å². The Morgan fingerprint density at radius 2 is 1.94 bits per heavy atom. The van der Waals surface area contributed by atoms with Crippen molar-refractivity contribution >= 4 is 21.6 Å². The van der Waals surface area contributed by atoms with Gasteiger partial charge in [-0.05, 0) is 18.8 Å². The molecule has 2 rings (SSSR count). The van der Waals surface area contributed by atoms with Crippen molar-refractivity contribution in [2.24, 2.45) is 5.92 Å². The molecule has 6 heteroatoms. The fourth-order valence-electron chi connectivity index (χ4n) is 2.31. The first-order valence-corrected chi connectivity index (χ1v) is 7.85. The number of sulfonamides is 1. The zero-order chi connectivity index (χ0) is 11.8. The topological polar surface area (TPSA) is 46.6 Å². The molecule has 0 amide bonds. The summed E-state index contributed by atoms with van der Waals surface area (Å²) in [6, 6.07) is 0. The predicted octanol–water partition coefficient (Wildman–Crippen LogP) is 1.05. The second-order valence-corrected chi connectivity index (χ2v) is 7.13. The largest absolute Gasteiger partial charge is 0.372 e. The third-order valence-electron chi connectivity index (χ3n) is 3.16. The SMILES string of the molecule is CC(CCl)CS(=O)(=O)N1CC2CCC(C1)O2. The van der Waals surface area contributed by atoms with Crippen LogP contribution in [0.25, 0.3) is 0 Å². The van der Waals surface area contributed by atoms with Gasteiger partial charge in [-0.1, -0.05) is 6.92 Å². The summed E-state index contributed by atoms with van der Waals surface area (Å²) in [6.45, 7) is 2.90. The molecule has 0 N–H and O–H groups in total. The predicted molar refractivity (Wildman–Crippen MR) is 63.1 cm³/mol. The highest BCUT2D eigenvalue weighted by molar-refractivity contribution is 7.89. The lowest BCUT2D eigenvalue weighted by Gasteiger charge is -2.31. The molecule has 2 bridgehead atoms. The van der Waals surface area contributed by atoms with Gasteiger partial charge in [0.05, 0.1) is 18.0 Å². The van der Waals surface area contributed by atoms with Gasteiger partial charge >= 0.3 is 0 Å². The number of nitrogens with zero attached hydrogens (tertiary/aromatic N) is 1. The van der Waals surface area contributed by atoms with E-state index in [9.17, 15) is 8.42 Å². The molecule has 2 aliphatic rings. The van der Waals surface area contributed by atoms with Gasteiger partial charge in [0.25, 0.3) is 0 Å². The van der Waals surface area contributed by atoms with Crippen LogP contribution in [0.2, 0.25) is 0 Å². The molecule has 4 nitrogen and oxygen atoms in total. The number of morpholine rings is 1. The van der Waals surface area contributed by atoms with E-state index in [1.807, 2.05) is 6.92 Å². The number of hydrogen-bond donors (Lipinski definition) is 0. The van der Waals surface area contributed by atoms with Gasteiger partial charge in [0.2, 0.25) is 10.0 Å². The maximum absolute atomic E-state index is 12.1. The molecule has 16 heavy (non-hydrogen) atoms. The monoisotopic (exact) mass is 267 g/mol. The Balaban J connectivity index is 2.01. The Hall–Kier alpha value is 0.160. The molecule has 2 fully saturated rings. The number of alkyl halides is 1. The molecule has 2 heterocycles. The van der Waals surface area contributed by atoms with E-state index >= 15 is 0 Å². The third-order valence-corrected chi connectivity index (χ3v) is 5.76. The Kier molecular flexibility index (Phi) is 3.79. The Morgan fingerprint density at radius 3 is 2.44 bits per heavy atom. The van der Waals surface area contributed by atoms with Crippen LogP contribution in [0.4, 0.5) is 0 Å². The van der Waals surface area contributed by atoms with Crippen molar-refractivity contribution in [3.05, 3.63) is 0 Å². The van der Waals surface area contributed by atoms with Gasteiger partial charge in [0, 0.05) is 19.0 Å². The van der Waals surface area contributed by atoms with Crippen LogP contribution in [0, 0.1) is 5.92 Å². The molecule has 0 aromatic rings. The number of fused-ring (bicyclic) bond motifs is 2. The molecule has 2 aliphatic heterocycles. The minimum absolute atomic E-state index is 0.00663. The van der Waals surface area contributed by atoms with Gasteiger partial charge in [-0.15, -0.1) is 11.6 Å². The molecule has 94 valence electrons. The molecular formula is C10H18ClNO3S. The van der Waals surface area contributed by atoms with Crippen molar-refractivity contribution in [3.8, 4) is 0 Å². The standard InChI is InChI=1S/C10H18ClNO3S/c1-8(4-11)7-16(13,14)12-5-9-2-3-10(6-12)15-9/h8-10H,2-7H2,1H3. The van der Waals surface area contributed by atoms with E-state index in [2.05, 4.69) is 0 Å². The van der Waals surface area contributed by atoms with Crippen molar-refractivity contribution in [2.45, 2.75) is 32.0 Å². The smallest absolute Gasteiger partial charge is 0.214 e. The van der Waals surface area contributed by atoms with E-state index in [1.165, 1.54) is 0 Å². The van der Waals surface area contributed by atoms with Crippen molar-refractivity contribution in [1.29, 1.82) is 0 Å². The van der Waals surface area contributed by atoms with Crippen LogP contribution in [0.3, 0.4) is 0 Å². The van der Waals surface area contributed by atoms with Crippen LogP contribution in [-0.4, -0.2) is 49.7 Å². The molecule has 0 spiro atoms. The normalized spacial score (nSPS) is 32.9. The molecule has 0 radical (unpaired) electrons. The summed E-state index contributed by atoms with van der Waals surface area (Å²) >= 11 is 5.66. The molecule has 0 aromatic carbocycles. The Morgan fingerprint density at radius 1 is 1.38 bits per heavy atom. The van der Waals surface area contributed by atoms with Gasteiger partial charge in [-0.3, -0.25) is 0 Å². The highest BCUT2D eigenvalue weighted by Gasteiger charge is 2.38. The first-order valence-electron chi connectivity index (χ1n) is 5.70. The van der Waals surface area contributed by atoms with E-state index in [0.717, 1.165) is 12.8 Å². The van der Waals surface area contributed by atoms with E-state index in [4.69, 9.17) is 16.3 Å². The van der Waals surface area contributed by atoms with Gasteiger partial charge in [0.1, 0.15) is 0 Å². The summed E-state index contributed by atoms with van der Waals surface area (Å²) in [5.74, 6) is 0.541. The quantitative estimate of drug-likeness (QED) is 0.716. The molecule has 0 aliphatic carbocycles. The number of hydrogen-bond acceptors (Lipinski definition) is 3. The van der Waals surface area contributed by atoms with Crippen molar-refractivity contribution < 1.29 is 13.2 Å². The average Bonchev–Trinajstić information content (AvgIpc) is 2.56. The lowest BCUT2D eigenvalue weighted by atomic mass is 10.2. The zero-order valence-corrected chi connectivity index (χ0v) is 11.0. The van der Waals surface area contributed by atoms with Crippen LogP contribution in [-0.2, 0) is 14.8 Å². The Bertz CT molecular complexity index is 334. The van der Waals surface area contributed by atoms with Crippen LogP contribution in [0.5, 0.6) is 0 Å². The number of ether oxygens (including phenoxy) is 1. The Labute approximate surface area is 102 Å². The lowest BCUT2D eigenvalue weighted by Crippen LogP contribution is -2.47. The summed E-state index contributed by atoms with van der Waals surface area (Å²) < 4.78 is 31.4. The first kappa shape index (κ1) is 12.6. The van der Waals surface area contributed by atoms with Gasteiger partial charge in [0.15, 0.2) is 0 Å². The highest BCUT2D eigenvalue weighted by atomic mass is 35.5. The maximum atomic E-state index is 12.1. The zero-order valence-electron chi connectivity index (χ0n) is 9.43. The van der Waals surface area contributed by atoms with Crippen molar-refractivity contribution in [1.82, 2.24) is 4.31 Å². The van der Waals surface area contributed by atoms with Crippen LogP contribution in [0.15, 0.2) is 0 Å². The molecule has 0 saturated carbocycles. The number of rotatable bonds is 4. The highest BCUT2D eigenvalue weighted by Crippen LogP contribution is 2.28. The van der Waals surface area contributed by atoms with E-state index < -0.39 is 10.0 Å². The van der Waals surface area contributed by atoms with Gasteiger partial charge < -0.3 is 4.74 Å². The van der Waals surface area contributed by atoms with E-state index in [-0.39, 0.29) is 23.9 Å². The van der Waals surface area contributed by atoms with Gasteiger partial charge in [-0.2, -0.15) is 4.31 Å². The van der Waals surface area contributed by atoms with Crippen molar-refractivity contribution in [2.75, 3.05) is 24.7 Å². The second kappa shape index (κ2) is 4.80. The fourth-order valence-corrected chi connectivity index (χ4v) is 4.39.